The maximum Gasteiger partial charge on any atom is 1.00 e. The summed E-state index contributed by atoms with van der Waals surface area (Å²) < 4.78 is 1.56. The Morgan fingerprint density at radius 3 is 0.706 bits per heavy atom. The summed E-state index contributed by atoms with van der Waals surface area (Å²) in [5.74, 6) is 0. The van der Waals surface area contributed by atoms with Crippen LogP contribution in [0.15, 0.2) is 121 Å². The van der Waals surface area contributed by atoms with Gasteiger partial charge < -0.3 is 23.3 Å². The molecular formula is C28H33N2O3P. The lowest BCUT2D eigenvalue weighted by molar-refractivity contribution is -0.407. The van der Waals surface area contributed by atoms with Gasteiger partial charge in [-0.2, -0.15) is 0 Å². The Hall–Kier alpha value is -2.89. The fraction of sp³-hybridized carbons (Fsp3) is 0.143. The van der Waals surface area contributed by atoms with Crippen LogP contribution in [-0.4, -0.2) is 28.2 Å². The standard InChI is InChI=1S/2C14H16N.O3P/c2*1-15(2,13-9-5-3-6-10-13)14-11-7-4-8-12-14;1-4(2)3/h2*3-12H,1-2H3;/q2*+1;-3/p+1. The molecule has 4 aromatic rings. The summed E-state index contributed by atoms with van der Waals surface area (Å²) in [6, 6.07) is 42.1. The third-order valence-corrected chi connectivity index (χ3v) is 5.61. The van der Waals surface area contributed by atoms with E-state index in [1.54, 1.807) is 0 Å². The molecule has 0 unspecified atom stereocenters. The molecule has 0 radical (unpaired) electrons. The molecule has 34 heavy (non-hydrogen) atoms. The molecule has 178 valence electrons. The molecule has 4 aromatic carbocycles. The van der Waals surface area contributed by atoms with Gasteiger partial charge in [0, 0.05) is 0 Å². The minimum Gasteiger partial charge on any atom is -0.854 e. The van der Waals surface area contributed by atoms with Crippen molar-refractivity contribution >= 4 is 31.4 Å². The van der Waals surface area contributed by atoms with Gasteiger partial charge in [0.2, 0.25) is 0 Å². The molecule has 0 heterocycles. The van der Waals surface area contributed by atoms with E-state index in [-0.39, 0.29) is 1.43 Å². The molecule has 0 aliphatic heterocycles. The number of rotatable bonds is 4. The van der Waals surface area contributed by atoms with Crippen molar-refractivity contribution in [2.24, 2.45) is 0 Å². The summed E-state index contributed by atoms with van der Waals surface area (Å²) >= 11 is 0. The van der Waals surface area contributed by atoms with Crippen LogP contribution in [0.3, 0.4) is 0 Å². The molecule has 0 bridgehead atoms. The van der Waals surface area contributed by atoms with Crippen LogP contribution >= 0.6 is 8.60 Å². The van der Waals surface area contributed by atoms with Crippen LogP contribution in [0.4, 0.5) is 22.7 Å². The molecule has 6 heteroatoms. The normalized spacial score (nSPS) is 11.1. The summed E-state index contributed by atoms with van der Waals surface area (Å²) in [6.07, 6.45) is 0. The quantitative estimate of drug-likeness (QED) is 0.320. The van der Waals surface area contributed by atoms with Crippen molar-refractivity contribution in [3.63, 3.8) is 0 Å². The van der Waals surface area contributed by atoms with Crippen LogP contribution in [0.1, 0.15) is 1.43 Å². The van der Waals surface area contributed by atoms with Gasteiger partial charge in [0.25, 0.3) is 0 Å². The van der Waals surface area contributed by atoms with Crippen molar-refractivity contribution < 1.29 is 16.1 Å². The van der Waals surface area contributed by atoms with Gasteiger partial charge >= 0.3 is 1.43 Å². The molecule has 0 aliphatic rings. The molecule has 0 amide bonds. The van der Waals surface area contributed by atoms with Gasteiger partial charge in [0.15, 0.2) is 0 Å². The third-order valence-electron chi connectivity index (χ3n) is 5.61. The second kappa shape index (κ2) is 13.1. The van der Waals surface area contributed by atoms with Crippen molar-refractivity contribution in [2.45, 2.75) is 0 Å². The Morgan fingerprint density at radius 2 is 0.559 bits per heavy atom. The van der Waals surface area contributed by atoms with Gasteiger partial charge in [-0.3, -0.25) is 8.97 Å². The van der Waals surface area contributed by atoms with E-state index >= 15 is 0 Å². The topological polar surface area (TPSA) is 69.2 Å². The zero-order valence-electron chi connectivity index (χ0n) is 21.1. The highest BCUT2D eigenvalue weighted by Crippen LogP contribution is 2.30. The lowest BCUT2D eigenvalue weighted by Gasteiger charge is -2.39. The smallest absolute Gasteiger partial charge is 0.854 e. The van der Waals surface area contributed by atoms with Gasteiger partial charge in [-0.05, 0) is 48.5 Å². The lowest BCUT2D eigenvalue weighted by Crippen LogP contribution is -2.33. The summed E-state index contributed by atoms with van der Waals surface area (Å²) in [6.45, 7) is 0. The van der Waals surface area contributed by atoms with E-state index in [9.17, 15) is 0 Å². The van der Waals surface area contributed by atoms with Crippen molar-refractivity contribution in [3.8, 4) is 0 Å². The molecule has 0 saturated heterocycles. The number of nitrogens with zero attached hydrogens (tertiary/aromatic N) is 2. The molecule has 4 rings (SSSR count). The average molecular weight is 477 g/mol. The highest BCUT2D eigenvalue weighted by atomic mass is 31.2. The molecule has 0 saturated carbocycles. The highest BCUT2D eigenvalue weighted by molar-refractivity contribution is 7.33. The van der Waals surface area contributed by atoms with Crippen LogP contribution in [-0.2, 0) is 0 Å². The second-order valence-corrected chi connectivity index (χ2v) is 8.92. The van der Waals surface area contributed by atoms with Crippen LogP contribution in [0.2, 0.25) is 0 Å². The van der Waals surface area contributed by atoms with Crippen molar-refractivity contribution in [1.29, 1.82) is 0 Å². The van der Waals surface area contributed by atoms with E-state index in [1.165, 1.54) is 22.7 Å². The van der Waals surface area contributed by atoms with E-state index in [2.05, 4.69) is 150 Å². The van der Waals surface area contributed by atoms with E-state index in [0.29, 0.717) is 0 Å². The summed E-state index contributed by atoms with van der Waals surface area (Å²) in [5.41, 5.74) is 5.18. The van der Waals surface area contributed by atoms with Crippen molar-refractivity contribution in [3.05, 3.63) is 121 Å². The van der Waals surface area contributed by atoms with E-state index in [0.717, 1.165) is 8.97 Å². The van der Waals surface area contributed by atoms with E-state index in [4.69, 9.17) is 14.7 Å². The molecule has 0 spiro atoms. The predicted molar refractivity (Wildman–Crippen MR) is 140 cm³/mol. The zero-order chi connectivity index (χ0) is 25.0. The van der Waals surface area contributed by atoms with Crippen LogP contribution < -0.4 is 23.6 Å². The number of para-hydroxylation sites is 4. The molecule has 0 aliphatic carbocycles. The monoisotopic (exact) mass is 476 g/mol. The maximum absolute atomic E-state index is 8.48. The van der Waals surface area contributed by atoms with Gasteiger partial charge in [-0.15, -0.1) is 0 Å². The van der Waals surface area contributed by atoms with E-state index < -0.39 is 8.60 Å². The Morgan fingerprint density at radius 1 is 0.412 bits per heavy atom. The first kappa shape index (κ1) is 27.4. The van der Waals surface area contributed by atoms with Crippen LogP contribution in [0.25, 0.3) is 0 Å². The maximum atomic E-state index is 8.48. The first-order valence-electron chi connectivity index (χ1n) is 10.9. The largest absolute Gasteiger partial charge is 1.00 e. The SMILES string of the molecule is C[N+](C)(c1ccccc1)c1ccccc1.C[N+](C)(c1ccccc1)c1ccccc1.[H+].[O-]P([O-])[O-]. The second-order valence-electron chi connectivity index (χ2n) is 8.47. The molecule has 0 atom stereocenters. The molecule has 0 N–H and O–H groups in total. The van der Waals surface area contributed by atoms with Crippen molar-refractivity contribution in [2.75, 3.05) is 28.2 Å². The van der Waals surface area contributed by atoms with Gasteiger partial charge in [0.05, 0.1) is 28.2 Å². The van der Waals surface area contributed by atoms with Gasteiger partial charge in [0.1, 0.15) is 22.7 Å². The Kier molecular flexibility index (Phi) is 10.6. The molecular weight excluding hydrogens is 443 g/mol. The van der Waals surface area contributed by atoms with E-state index in [1.807, 2.05) is 0 Å². The van der Waals surface area contributed by atoms with Crippen LogP contribution in [0.5, 0.6) is 0 Å². The Bertz CT molecular complexity index is 909. The highest BCUT2D eigenvalue weighted by Gasteiger charge is 2.21. The number of hydrogen-bond acceptors (Lipinski definition) is 3. The van der Waals surface area contributed by atoms with Gasteiger partial charge in [-0.1, -0.05) is 72.8 Å². The summed E-state index contributed by atoms with van der Waals surface area (Å²) in [4.78, 5) is 25.4. The Balaban J connectivity index is 0.000000297. The Labute approximate surface area is 206 Å². The van der Waals surface area contributed by atoms with Crippen LogP contribution in [0, 0.1) is 0 Å². The first-order chi connectivity index (χ1) is 16.2. The van der Waals surface area contributed by atoms with Gasteiger partial charge in [-0.25, -0.2) is 0 Å². The fourth-order valence-corrected chi connectivity index (χ4v) is 3.50. The number of hydrogen-bond donors (Lipinski definition) is 0. The lowest BCUT2D eigenvalue weighted by atomic mass is 10.2. The minimum atomic E-state index is -3.37. The third kappa shape index (κ3) is 8.15. The zero-order valence-corrected chi connectivity index (χ0v) is 21.0. The first-order valence-corrected chi connectivity index (χ1v) is 12.0. The average Bonchev–Trinajstić information content (AvgIpc) is 2.86. The van der Waals surface area contributed by atoms with Crippen molar-refractivity contribution in [1.82, 2.24) is 8.97 Å². The summed E-state index contributed by atoms with van der Waals surface area (Å²) in [7, 11) is 5.43. The molecule has 0 aromatic heterocycles. The fourth-order valence-electron chi connectivity index (χ4n) is 3.50. The molecule has 0 fully saturated rings. The summed E-state index contributed by atoms with van der Waals surface area (Å²) in [5, 5.41) is 0. The molecule has 5 nitrogen and oxygen atoms in total. The number of quaternary nitrogens is 2. The minimum absolute atomic E-state index is 0. The predicted octanol–water partition coefficient (Wildman–Crippen LogP) is 4.58. The number of benzene rings is 4.